The van der Waals surface area contributed by atoms with Crippen molar-refractivity contribution in [1.82, 2.24) is 10.2 Å². The van der Waals surface area contributed by atoms with Crippen LogP contribution in [-0.2, 0) is 17.1 Å². The number of piperazine rings is 1. The van der Waals surface area contributed by atoms with Crippen LogP contribution in [0.15, 0.2) is 36.4 Å². The molecule has 2 heterocycles. The lowest BCUT2D eigenvalue weighted by Crippen LogP contribution is -2.57. The molecule has 11 heteroatoms. The summed E-state index contributed by atoms with van der Waals surface area (Å²) in [6.07, 6.45) is -9.97. The lowest BCUT2D eigenvalue weighted by atomic mass is 9.96. The van der Waals surface area contributed by atoms with E-state index in [1.165, 1.54) is 23.1 Å². The predicted octanol–water partition coefficient (Wildman–Crippen LogP) is 3.76. The second-order valence-corrected chi connectivity index (χ2v) is 7.26. The zero-order chi connectivity index (χ0) is 22.6. The highest BCUT2D eigenvalue weighted by molar-refractivity contribution is 6.10. The minimum Gasteiger partial charge on any atom is -0.324 e. The number of hydrogen-bond acceptors (Lipinski definition) is 3. The van der Waals surface area contributed by atoms with Crippen molar-refractivity contribution in [1.29, 1.82) is 0 Å². The van der Waals surface area contributed by atoms with Gasteiger partial charge >= 0.3 is 12.4 Å². The number of alkyl halides is 6. The molecule has 0 spiro atoms. The fraction of sp³-hybridized carbons (Fsp3) is 0.300. The molecule has 0 bridgehead atoms. The average molecular weight is 443 g/mol. The molecule has 1 atom stereocenters. The number of rotatable bonds is 1. The molecule has 4 rings (SSSR count). The zero-order valence-corrected chi connectivity index (χ0v) is 15.7. The Labute approximate surface area is 172 Å². The number of carbonyl (C=O) groups excluding carboxylic acids is 2. The van der Waals surface area contributed by atoms with Crippen molar-refractivity contribution in [3.63, 3.8) is 0 Å². The molecule has 2 amide bonds. The zero-order valence-electron chi connectivity index (χ0n) is 15.7. The van der Waals surface area contributed by atoms with Gasteiger partial charge in [0, 0.05) is 19.6 Å². The van der Waals surface area contributed by atoms with E-state index in [1.807, 2.05) is 0 Å². The third kappa shape index (κ3) is 3.97. The van der Waals surface area contributed by atoms with Gasteiger partial charge in [0.15, 0.2) is 0 Å². The van der Waals surface area contributed by atoms with Gasteiger partial charge in [-0.1, -0.05) is 6.07 Å². The summed E-state index contributed by atoms with van der Waals surface area (Å²) >= 11 is 0. The summed E-state index contributed by atoms with van der Waals surface area (Å²) in [6, 6.07) is 4.27. The lowest BCUT2D eigenvalue weighted by molar-refractivity contribution is -0.143. The molecule has 164 valence electrons. The highest BCUT2D eigenvalue weighted by atomic mass is 19.4. The highest BCUT2D eigenvalue weighted by Crippen LogP contribution is 2.39. The van der Waals surface area contributed by atoms with Gasteiger partial charge in [-0.05, 0) is 41.5 Å². The fourth-order valence-electron chi connectivity index (χ4n) is 3.68. The summed E-state index contributed by atoms with van der Waals surface area (Å²) in [7, 11) is 0. The molecule has 0 aromatic heterocycles. The lowest BCUT2D eigenvalue weighted by Gasteiger charge is -2.33. The molecule has 0 aliphatic carbocycles. The maximum Gasteiger partial charge on any atom is 0.416 e. The third-order valence-corrected chi connectivity index (χ3v) is 5.24. The van der Waals surface area contributed by atoms with Crippen molar-refractivity contribution in [3.8, 4) is 11.1 Å². The molecule has 31 heavy (non-hydrogen) atoms. The first-order valence-corrected chi connectivity index (χ1v) is 9.21. The second-order valence-electron chi connectivity index (χ2n) is 7.26. The summed E-state index contributed by atoms with van der Waals surface area (Å²) < 4.78 is 79.1. The molecule has 2 aromatic carbocycles. The maximum atomic E-state index is 13.2. The Morgan fingerprint density at radius 1 is 0.871 bits per heavy atom. The van der Waals surface area contributed by atoms with E-state index in [1.54, 1.807) is 0 Å². The van der Waals surface area contributed by atoms with E-state index in [4.69, 9.17) is 0 Å². The average Bonchev–Trinajstić information content (AvgIpc) is 2.81. The molecule has 1 fully saturated rings. The molecule has 1 saturated heterocycles. The molecular weight excluding hydrogens is 428 g/mol. The number of nitrogens with zero attached hydrogens (tertiary/aromatic N) is 1. The van der Waals surface area contributed by atoms with Crippen LogP contribution in [0, 0.1) is 0 Å². The van der Waals surface area contributed by atoms with Crippen molar-refractivity contribution >= 4 is 17.5 Å². The van der Waals surface area contributed by atoms with Crippen LogP contribution in [0.5, 0.6) is 0 Å². The van der Waals surface area contributed by atoms with Gasteiger partial charge < -0.3 is 15.5 Å². The Hall–Kier alpha value is -3.08. The van der Waals surface area contributed by atoms with Crippen LogP contribution in [0.25, 0.3) is 11.1 Å². The summed E-state index contributed by atoms with van der Waals surface area (Å²) in [5, 5.41) is 5.60. The van der Waals surface area contributed by atoms with E-state index in [0.29, 0.717) is 18.7 Å². The molecule has 5 nitrogen and oxygen atoms in total. The van der Waals surface area contributed by atoms with Crippen LogP contribution in [0.4, 0.5) is 32.0 Å². The standard InChI is InChI=1S/C20H15F6N3O2/c21-19(22,23)12-5-11(6-13(8-12)20(24,25)26)10-1-2-15-14(7-10)18(31)29-4-3-27-9-16(29)17(30)28-15/h1-2,5-8,16,27H,3-4,9H2,(H,28,30)/t16-/m0/s1. The van der Waals surface area contributed by atoms with Crippen LogP contribution in [0.1, 0.15) is 21.5 Å². The third-order valence-electron chi connectivity index (χ3n) is 5.24. The highest BCUT2D eigenvalue weighted by Gasteiger charge is 2.38. The summed E-state index contributed by atoms with van der Waals surface area (Å²) in [6.45, 7) is 0.927. The van der Waals surface area contributed by atoms with Gasteiger partial charge in [-0.15, -0.1) is 0 Å². The molecule has 2 aliphatic rings. The first-order chi connectivity index (χ1) is 14.4. The minimum atomic E-state index is -4.99. The van der Waals surface area contributed by atoms with E-state index in [-0.39, 0.29) is 41.5 Å². The Balaban J connectivity index is 1.83. The van der Waals surface area contributed by atoms with Gasteiger partial charge in [0.1, 0.15) is 6.04 Å². The number of amides is 2. The number of carbonyl (C=O) groups is 2. The van der Waals surface area contributed by atoms with Crippen LogP contribution in [0.3, 0.4) is 0 Å². The summed E-state index contributed by atoms with van der Waals surface area (Å²) in [5.74, 6) is -0.949. The van der Waals surface area contributed by atoms with Gasteiger partial charge in [0.05, 0.1) is 22.4 Å². The van der Waals surface area contributed by atoms with Crippen LogP contribution in [0.2, 0.25) is 0 Å². The van der Waals surface area contributed by atoms with Crippen molar-refractivity contribution in [2.24, 2.45) is 0 Å². The molecular formula is C20H15F6N3O2. The van der Waals surface area contributed by atoms with Gasteiger partial charge in [0.25, 0.3) is 5.91 Å². The normalized spacial score (nSPS) is 19.4. The number of benzene rings is 2. The van der Waals surface area contributed by atoms with E-state index < -0.39 is 41.3 Å². The van der Waals surface area contributed by atoms with Gasteiger partial charge in [0.2, 0.25) is 5.91 Å². The molecule has 0 unspecified atom stereocenters. The predicted molar refractivity (Wildman–Crippen MR) is 98.2 cm³/mol. The number of nitrogens with one attached hydrogen (secondary N) is 2. The molecule has 0 radical (unpaired) electrons. The van der Waals surface area contributed by atoms with E-state index in [9.17, 15) is 35.9 Å². The smallest absolute Gasteiger partial charge is 0.324 e. The Morgan fingerprint density at radius 3 is 2.13 bits per heavy atom. The fourth-order valence-corrected chi connectivity index (χ4v) is 3.68. The second kappa shape index (κ2) is 7.26. The largest absolute Gasteiger partial charge is 0.416 e. The van der Waals surface area contributed by atoms with Gasteiger partial charge in [-0.25, -0.2) is 0 Å². The van der Waals surface area contributed by atoms with Crippen LogP contribution < -0.4 is 10.6 Å². The van der Waals surface area contributed by atoms with Crippen molar-refractivity contribution < 1.29 is 35.9 Å². The summed E-state index contributed by atoms with van der Waals surface area (Å²) in [4.78, 5) is 26.8. The monoisotopic (exact) mass is 443 g/mol. The first kappa shape index (κ1) is 21.2. The number of anilines is 1. The molecule has 2 N–H and O–H groups in total. The van der Waals surface area contributed by atoms with E-state index >= 15 is 0 Å². The number of hydrogen-bond donors (Lipinski definition) is 2. The quantitative estimate of drug-likeness (QED) is 0.660. The van der Waals surface area contributed by atoms with Crippen molar-refractivity contribution in [2.75, 3.05) is 25.0 Å². The van der Waals surface area contributed by atoms with Crippen molar-refractivity contribution in [3.05, 3.63) is 53.1 Å². The Bertz CT molecular complexity index is 1030. The first-order valence-electron chi connectivity index (χ1n) is 9.21. The minimum absolute atomic E-state index is 0.00113. The topological polar surface area (TPSA) is 61.4 Å². The number of halogens is 6. The molecule has 2 aromatic rings. The molecule has 0 saturated carbocycles. The van der Waals surface area contributed by atoms with Crippen LogP contribution in [-0.4, -0.2) is 42.4 Å². The van der Waals surface area contributed by atoms with E-state index in [2.05, 4.69) is 10.6 Å². The molecule has 2 aliphatic heterocycles. The Morgan fingerprint density at radius 2 is 1.52 bits per heavy atom. The SMILES string of the molecule is O=C1Nc2ccc(-c3cc(C(F)(F)F)cc(C(F)(F)F)c3)cc2C(=O)N2CCNC[C@@H]12. The van der Waals surface area contributed by atoms with Gasteiger partial charge in [-0.2, -0.15) is 26.3 Å². The number of fused-ring (bicyclic) bond motifs is 2. The summed E-state index contributed by atoms with van der Waals surface area (Å²) in [5.41, 5.74) is -3.10. The maximum absolute atomic E-state index is 13.2. The van der Waals surface area contributed by atoms with Crippen LogP contribution >= 0.6 is 0 Å². The van der Waals surface area contributed by atoms with E-state index in [0.717, 1.165) is 0 Å². The Kier molecular flexibility index (Phi) is 4.95. The van der Waals surface area contributed by atoms with Gasteiger partial charge in [-0.3, -0.25) is 9.59 Å². The van der Waals surface area contributed by atoms with Crippen molar-refractivity contribution in [2.45, 2.75) is 18.4 Å².